The van der Waals surface area contributed by atoms with Gasteiger partial charge in [0.15, 0.2) is 6.39 Å². The van der Waals surface area contributed by atoms with Crippen molar-refractivity contribution in [3.63, 3.8) is 0 Å². The van der Waals surface area contributed by atoms with Crippen molar-refractivity contribution in [1.82, 2.24) is 20.5 Å². The molecule has 2 aliphatic heterocycles. The van der Waals surface area contributed by atoms with Crippen LogP contribution < -0.4 is 10.6 Å². The molecular weight excluding hydrogens is 328 g/mol. The maximum atomic E-state index is 12.7. The van der Waals surface area contributed by atoms with Crippen molar-refractivity contribution >= 4 is 11.8 Å². The fourth-order valence-electron chi connectivity index (χ4n) is 3.20. The molecule has 2 fully saturated rings. The van der Waals surface area contributed by atoms with E-state index in [1.807, 2.05) is 0 Å². The Morgan fingerprint density at radius 3 is 2.96 bits per heavy atom. The predicted octanol–water partition coefficient (Wildman–Crippen LogP) is -1.01. The first-order chi connectivity index (χ1) is 12.1. The molecule has 25 heavy (non-hydrogen) atoms. The normalized spacial score (nSPS) is 25.4. The number of carbonyl (C=O) groups is 2. The van der Waals surface area contributed by atoms with Crippen LogP contribution in [0.1, 0.15) is 23.4 Å². The molecule has 2 aliphatic rings. The van der Waals surface area contributed by atoms with Crippen molar-refractivity contribution in [2.24, 2.45) is 5.92 Å². The lowest BCUT2D eigenvalue weighted by Gasteiger charge is -2.33. The second-order valence-corrected chi connectivity index (χ2v) is 6.61. The average Bonchev–Trinajstić information content (AvgIpc) is 3.10. The average molecular weight is 352 g/mol. The van der Waals surface area contributed by atoms with E-state index in [1.54, 1.807) is 4.90 Å². The van der Waals surface area contributed by atoms with Crippen LogP contribution in [0.25, 0.3) is 0 Å². The fourth-order valence-corrected chi connectivity index (χ4v) is 3.20. The molecule has 0 spiro atoms. The van der Waals surface area contributed by atoms with Crippen LogP contribution in [-0.4, -0.2) is 78.3 Å². The number of β-amino-alcohol motifs (C(OH)–C–C–N with tert-alkyl or cyclic N) is 1. The molecule has 0 radical (unpaired) electrons. The summed E-state index contributed by atoms with van der Waals surface area (Å²) in [6.45, 7) is 2.63. The third-order valence-corrected chi connectivity index (χ3v) is 4.60. The highest BCUT2D eigenvalue weighted by Gasteiger charge is 2.37. The molecule has 3 N–H and O–H groups in total. The Morgan fingerprint density at radius 2 is 2.24 bits per heavy atom. The monoisotopic (exact) mass is 352 g/mol. The van der Waals surface area contributed by atoms with Crippen LogP contribution in [0.3, 0.4) is 0 Å². The number of amides is 2. The van der Waals surface area contributed by atoms with Crippen LogP contribution >= 0.6 is 0 Å². The topological polar surface area (TPSA) is 117 Å². The Hall–Kier alpha value is -1.97. The molecule has 0 bridgehead atoms. The van der Waals surface area contributed by atoms with Gasteiger partial charge in [-0.2, -0.15) is 0 Å². The lowest BCUT2D eigenvalue weighted by atomic mass is 9.95. The van der Waals surface area contributed by atoms with Crippen LogP contribution in [0.4, 0.5) is 0 Å². The van der Waals surface area contributed by atoms with Gasteiger partial charge in [0, 0.05) is 12.5 Å². The summed E-state index contributed by atoms with van der Waals surface area (Å²) in [6, 6.07) is 0. The SMILES string of the molecule is O=C(NC[C@@]1(O)COCCN(C(=O)C2CCNCC2)C1)c1cnco1. The van der Waals surface area contributed by atoms with Crippen molar-refractivity contribution in [1.29, 1.82) is 0 Å². The highest BCUT2D eigenvalue weighted by atomic mass is 16.5. The molecule has 1 aromatic heterocycles. The van der Waals surface area contributed by atoms with Gasteiger partial charge in [-0.05, 0) is 25.9 Å². The van der Waals surface area contributed by atoms with Crippen LogP contribution in [0, 0.1) is 5.92 Å². The van der Waals surface area contributed by atoms with Crippen LogP contribution in [-0.2, 0) is 9.53 Å². The summed E-state index contributed by atoms with van der Waals surface area (Å²) in [5.74, 6) is -0.369. The first kappa shape index (κ1) is 17.8. The molecule has 0 aromatic carbocycles. The number of rotatable bonds is 4. The first-order valence-electron chi connectivity index (χ1n) is 8.54. The molecule has 0 unspecified atom stereocenters. The van der Waals surface area contributed by atoms with Crippen molar-refractivity contribution in [2.45, 2.75) is 18.4 Å². The summed E-state index contributed by atoms with van der Waals surface area (Å²) in [4.78, 5) is 30.0. The van der Waals surface area contributed by atoms with Crippen molar-refractivity contribution < 1.29 is 23.8 Å². The molecule has 1 aromatic rings. The molecule has 1 atom stereocenters. The van der Waals surface area contributed by atoms with Crippen LogP contribution in [0.5, 0.6) is 0 Å². The lowest BCUT2D eigenvalue weighted by Crippen LogP contribution is -2.54. The quantitative estimate of drug-likeness (QED) is 0.636. The summed E-state index contributed by atoms with van der Waals surface area (Å²) in [5, 5.41) is 16.7. The van der Waals surface area contributed by atoms with Gasteiger partial charge in [-0.1, -0.05) is 0 Å². The zero-order valence-corrected chi connectivity index (χ0v) is 14.1. The number of aromatic nitrogens is 1. The van der Waals surface area contributed by atoms with Gasteiger partial charge in [0.1, 0.15) is 5.60 Å². The lowest BCUT2D eigenvalue weighted by molar-refractivity contribution is -0.139. The van der Waals surface area contributed by atoms with Gasteiger partial charge >= 0.3 is 0 Å². The molecule has 9 nitrogen and oxygen atoms in total. The van der Waals surface area contributed by atoms with Gasteiger partial charge in [-0.25, -0.2) is 4.98 Å². The van der Waals surface area contributed by atoms with Gasteiger partial charge in [0.05, 0.1) is 32.5 Å². The highest BCUT2D eigenvalue weighted by Crippen LogP contribution is 2.19. The van der Waals surface area contributed by atoms with Crippen molar-refractivity contribution in [3.05, 3.63) is 18.4 Å². The van der Waals surface area contributed by atoms with Gasteiger partial charge < -0.3 is 29.8 Å². The van der Waals surface area contributed by atoms with Gasteiger partial charge in [-0.15, -0.1) is 0 Å². The molecule has 0 saturated carbocycles. The maximum absolute atomic E-state index is 12.7. The Balaban J connectivity index is 1.59. The summed E-state index contributed by atoms with van der Waals surface area (Å²) in [5.41, 5.74) is -1.34. The number of hydrogen-bond acceptors (Lipinski definition) is 7. The van der Waals surface area contributed by atoms with E-state index in [0.717, 1.165) is 32.3 Å². The van der Waals surface area contributed by atoms with E-state index in [9.17, 15) is 14.7 Å². The number of nitrogens with one attached hydrogen (secondary N) is 2. The smallest absolute Gasteiger partial charge is 0.288 e. The third kappa shape index (κ3) is 4.56. The Labute approximate surface area is 145 Å². The number of hydrogen-bond donors (Lipinski definition) is 3. The van der Waals surface area contributed by atoms with E-state index in [2.05, 4.69) is 15.6 Å². The molecule has 138 valence electrons. The van der Waals surface area contributed by atoms with E-state index in [1.165, 1.54) is 6.20 Å². The van der Waals surface area contributed by atoms with E-state index in [4.69, 9.17) is 9.15 Å². The van der Waals surface area contributed by atoms with Crippen LogP contribution in [0.2, 0.25) is 0 Å². The zero-order chi connectivity index (χ0) is 17.7. The Bertz CT molecular complexity index is 587. The summed E-state index contributed by atoms with van der Waals surface area (Å²) in [7, 11) is 0. The molecule has 2 amide bonds. The van der Waals surface area contributed by atoms with E-state index in [-0.39, 0.29) is 37.3 Å². The van der Waals surface area contributed by atoms with E-state index in [0.29, 0.717) is 13.2 Å². The second kappa shape index (κ2) is 7.94. The second-order valence-electron chi connectivity index (χ2n) is 6.61. The number of piperidine rings is 1. The first-order valence-corrected chi connectivity index (χ1v) is 8.54. The van der Waals surface area contributed by atoms with Crippen molar-refractivity contribution in [2.75, 3.05) is 45.9 Å². The Kier molecular flexibility index (Phi) is 5.67. The summed E-state index contributed by atoms with van der Waals surface area (Å²) in [6.07, 6.45) is 4.07. The van der Waals surface area contributed by atoms with Crippen LogP contribution in [0.15, 0.2) is 17.0 Å². The maximum Gasteiger partial charge on any atom is 0.288 e. The number of oxazole rings is 1. The minimum absolute atomic E-state index is 0.0209. The standard InChI is InChI=1S/C16H24N4O5/c21-14(13-7-18-11-25-13)19-8-16(23)9-20(5-6-24-10-16)15(22)12-1-3-17-4-2-12/h7,11-12,17,23H,1-6,8-10H2,(H,19,21)/t16-/m0/s1. The molecule has 2 saturated heterocycles. The molecule has 9 heteroatoms. The predicted molar refractivity (Wildman–Crippen MR) is 86.8 cm³/mol. The Morgan fingerprint density at radius 1 is 1.44 bits per heavy atom. The van der Waals surface area contributed by atoms with E-state index < -0.39 is 11.5 Å². The molecule has 0 aliphatic carbocycles. The van der Waals surface area contributed by atoms with Gasteiger partial charge in [0.25, 0.3) is 5.91 Å². The van der Waals surface area contributed by atoms with Crippen molar-refractivity contribution in [3.8, 4) is 0 Å². The summed E-state index contributed by atoms with van der Waals surface area (Å²) < 4.78 is 10.4. The summed E-state index contributed by atoms with van der Waals surface area (Å²) >= 11 is 0. The van der Waals surface area contributed by atoms with Gasteiger partial charge in [-0.3, -0.25) is 9.59 Å². The highest BCUT2D eigenvalue weighted by molar-refractivity contribution is 5.91. The minimum atomic E-state index is -1.34. The fraction of sp³-hybridized carbons (Fsp3) is 0.688. The third-order valence-electron chi connectivity index (χ3n) is 4.60. The minimum Gasteiger partial charge on any atom is -0.438 e. The number of aliphatic hydroxyl groups is 1. The molecule has 3 heterocycles. The zero-order valence-electron chi connectivity index (χ0n) is 14.1. The van der Waals surface area contributed by atoms with Gasteiger partial charge in [0.2, 0.25) is 11.7 Å². The number of ether oxygens (including phenoxy) is 1. The number of carbonyl (C=O) groups excluding carboxylic acids is 2. The number of nitrogens with zero attached hydrogens (tertiary/aromatic N) is 2. The molecular formula is C16H24N4O5. The molecule has 3 rings (SSSR count). The van der Waals surface area contributed by atoms with E-state index >= 15 is 0 Å². The largest absolute Gasteiger partial charge is 0.438 e.